The molecule has 2 amide bonds. The van der Waals surface area contributed by atoms with Crippen molar-refractivity contribution in [2.75, 3.05) is 6.54 Å². The predicted molar refractivity (Wildman–Crippen MR) is 113 cm³/mol. The summed E-state index contributed by atoms with van der Waals surface area (Å²) >= 11 is 0. The normalized spacial score (nSPS) is 11.8. The number of hydrogen-bond donors (Lipinski definition) is 2. The fourth-order valence-electron chi connectivity index (χ4n) is 2.58. The number of hydrogen-bond acceptors (Lipinski definition) is 5. The summed E-state index contributed by atoms with van der Waals surface area (Å²) in [5.74, 6) is -1.06. The lowest BCUT2D eigenvalue weighted by Gasteiger charge is -2.20. The van der Waals surface area contributed by atoms with Crippen molar-refractivity contribution >= 4 is 18.0 Å². The Kier molecular flexibility index (Phi) is 8.41. The van der Waals surface area contributed by atoms with Gasteiger partial charge in [0.15, 0.2) is 0 Å². The molecule has 2 aromatic carbocycles. The van der Waals surface area contributed by atoms with E-state index in [1.807, 2.05) is 60.7 Å². The molecule has 1 atom stereocenters. The zero-order chi connectivity index (χ0) is 22.0. The first-order valence-electron chi connectivity index (χ1n) is 9.73. The van der Waals surface area contributed by atoms with Gasteiger partial charge in [-0.2, -0.15) is 0 Å². The molecule has 7 nitrogen and oxygen atoms in total. The average Bonchev–Trinajstić information content (AvgIpc) is 2.70. The van der Waals surface area contributed by atoms with Gasteiger partial charge in [0, 0.05) is 6.42 Å². The van der Waals surface area contributed by atoms with Gasteiger partial charge in [-0.15, -0.1) is 0 Å². The summed E-state index contributed by atoms with van der Waals surface area (Å²) in [6.07, 6.45) is -0.434. The Hall–Kier alpha value is -3.35. The van der Waals surface area contributed by atoms with E-state index in [1.54, 1.807) is 20.8 Å². The highest BCUT2D eigenvalue weighted by molar-refractivity contribution is 5.87. The molecule has 30 heavy (non-hydrogen) atoms. The smallest absolute Gasteiger partial charge is 0.408 e. The van der Waals surface area contributed by atoms with Crippen molar-refractivity contribution in [3.05, 3.63) is 71.8 Å². The molecule has 0 aliphatic heterocycles. The van der Waals surface area contributed by atoms with Crippen molar-refractivity contribution in [2.24, 2.45) is 0 Å². The van der Waals surface area contributed by atoms with Crippen LogP contribution in [0, 0.1) is 0 Å². The maximum absolute atomic E-state index is 12.6. The number of amides is 2. The van der Waals surface area contributed by atoms with Crippen molar-refractivity contribution in [2.45, 2.75) is 45.4 Å². The van der Waals surface area contributed by atoms with Crippen molar-refractivity contribution in [3.63, 3.8) is 0 Å². The van der Waals surface area contributed by atoms with Crippen LogP contribution in [0.2, 0.25) is 0 Å². The summed E-state index contributed by atoms with van der Waals surface area (Å²) < 4.78 is 10.5. The largest absolute Gasteiger partial charge is 0.459 e. The molecule has 7 heteroatoms. The number of carbonyl (C=O) groups excluding carboxylic acids is 3. The van der Waals surface area contributed by atoms with Gasteiger partial charge < -0.3 is 20.1 Å². The second-order valence-electron chi connectivity index (χ2n) is 7.76. The van der Waals surface area contributed by atoms with E-state index in [2.05, 4.69) is 10.6 Å². The highest BCUT2D eigenvalue weighted by Crippen LogP contribution is 2.08. The lowest BCUT2D eigenvalue weighted by Crippen LogP contribution is -2.47. The average molecular weight is 412 g/mol. The topological polar surface area (TPSA) is 93.7 Å². The first-order chi connectivity index (χ1) is 14.2. The first kappa shape index (κ1) is 22.9. The van der Waals surface area contributed by atoms with Crippen LogP contribution in [0.4, 0.5) is 4.79 Å². The minimum atomic E-state index is -0.885. The maximum atomic E-state index is 12.6. The Morgan fingerprint density at radius 3 is 2.03 bits per heavy atom. The van der Waals surface area contributed by atoms with Crippen molar-refractivity contribution < 1.29 is 23.9 Å². The molecule has 0 saturated carbocycles. The molecule has 0 saturated heterocycles. The second-order valence-corrected chi connectivity index (χ2v) is 7.76. The van der Waals surface area contributed by atoms with Gasteiger partial charge in [0.25, 0.3) is 0 Å². The first-order valence-corrected chi connectivity index (χ1v) is 9.73. The van der Waals surface area contributed by atoms with Crippen molar-refractivity contribution in [1.82, 2.24) is 10.6 Å². The number of ether oxygens (including phenoxy) is 2. The predicted octanol–water partition coefficient (Wildman–Crippen LogP) is 2.98. The van der Waals surface area contributed by atoms with Gasteiger partial charge in [-0.05, 0) is 31.9 Å². The van der Waals surface area contributed by atoms with Gasteiger partial charge in [-0.1, -0.05) is 60.7 Å². The van der Waals surface area contributed by atoms with Gasteiger partial charge in [0.05, 0.1) is 0 Å². The molecule has 160 valence electrons. The van der Waals surface area contributed by atoms with E-state index in [4.69, 9.17) is 9.47 Å². The van der Waals surface area contributed by atoms with Gasteiger partial charge in [0.1, 0.15) is 24.8 Å². The number of benzene rings is 2. The number of alkyl carbamates (subject to hydrolysis) is 1. The maximum Gasteiger partial charge on any atom is 0.408 e. The number of carbonyl (C=O) groups is 3. The van der Waals surface area contributed by atoms with Crippen LogP contribution in [-0.2, 0) is 32.1 Å². The lowest BCUT2D eigenvalue weighted by molar-refractivity contribution is -0.149. The fraction of sp³-hybridized carbons (Fsp3) is 0.348. The molecule has 2 rings (SSSR count). The highest BCUT2D eigenvalue weighted by Gasteiger charge is 2.24. The zero-order valence-electron chi connectivity index (χ0n) is 17.5. The molecule has 0 aliphatic rings. The van der Waals surface area contributed by atoms with Crippen LogP contribution in [0.25, 0.3) is 0 Å². The van der Waals surface area contributed by atoms with E-state index in [1.165, 1.54) is 0 Å². The molecule has 0 fully saturated rings. The molecule has 0 spiro atoms. The van der Waals surface area contributed by atoms with E-state index >= 15 is 0 Å². The van der Waals surface area contributed by atoms with Crippen LogP contribution in [0.5, 0.6) is 0 Å². The van der Waals surface area contributed by atoms with E-state index in [0.29, 0.717) is 0 Å². The lowest BCUT2D eigenvalue weighted by atomic mass is 10.1. The van der Waals surface area contributed by atoms with Crippen LogP contribution in [0.3, 0.4) is 0 Å². The summed E-state index contributed by atoms with van der Waals surface area (Å²) in [5.41, 5.74) is 1.05. The minimum absolute atomic E-state index is 0.108. The third kappa shape index (κ3) is 8.77. The number of nitrogens with one attached hydrogen (secondary N) is 2. The summed E-state index contributed by atoms with van der Waals surface area (Å²) in [7, 11) is 0. The summed E-state index contributed by atoms with van der Waals surface area (Å²) in [4.78, 5) is 36.7. The molecule has 0 aliphatic carbocycles. The SMILES string of the molecule is CC(C)(C)OC(=O)NCC(=O)N[C@@H](Cc1ccccc1)C(=O)OCc1ccccc1. The van der Waals surface area contributed by atoms with Gasteiger partial charge >= 0.3 is 12.1 Å². The minimum Gasteiger partial charge on any atom is -0.459 e. The quantitative estimate of drug-likeness (QED) is 0.650. The molecule has 2 aromatic rings. The molecule has 2 N–H and O–H groups in total. The Balaban J connectivity index is 1.95. The second kappa shape index (κ2) is 11.0. The highest BCUT2D eigenvalue weighted by atomic mass is 16.6. The van der Waals surface area contributed by atoms with Gasteiger partial charge in [-0.3, -0.25) is 4.79 Å². The van der Waals surface area contributed by atoms with E-state index in [0.717, 1.165) is 11.1 Å². The molecular weight excluding hydrogens is 384 g/mol. The van der Waals surface area contributed by atoms with Crippen LogP contribution in [0.1, 0.15) is 31.9 Å². The van der Waals surface area contributed by atoms with Gasteiger partial charge in [0.2, 0.25) is 5.91 Å². The molecular formula is C23H28N2O5. The van der Waals surface area contributed by atoms with Gasteiger partial charge in [-0.25, -0.2) is 9.59 Å². The fourth-order valence-corrected chi connectivity index (χ4v) is 2.58. The van der Waals surface area contributed by atoms with Crippen LogP contribution in [-0.4, -0.2) is 36.2 Å². The third-order valence-corrected chi connectivity index (χ3v) is 3.92. The van der Waals surface area contributed by atoms with E-state index in [-0.39, 0.29) is 19.6 Å². The molecule has 0 unspecified atom stereocenters. The summed E-state index contributed by atoms with van der Waals surface area (Å²) in [5, 5.41) is 5.02. The van der Waals surface area contributed by atoms with Crippen LogP contribution in [0.15, 0.2) is 60.7 Å². The number of rotatable bonds is 8. The summed E-state index contributed by atoms with van der Waals surface area (Å²) in [6, 6.07) is 17.7. The summed E-state index contributed by atoms with van der Waals surface area (Å²) in [6.45, 7) is 4.98. The Bertz CT molecular complexity index is 832. The van der Waals surface area contributed by atoms with E-state index < -0.39 is 29.6 Å². The molecule has 0 aromatic heterocycles. The molecule has 0 radical (unpaired) electrons. The third-order valence-electron chi connectivity index (χ3n) is 3.92. The van der Waals surface area contributed by atoms with Crippen LogP contribution < -0.4 is 10.6 Å². The van der Waals surface area contributed by atoms with E-state index in [9.17, 15) is 14.4 Å². The molecule has 0 heterocycles. The van der Waals surface area contributed by atoms with Crippen molar-refractivity contribution in [1.29, 1.82) is 0 Å². The standard InChI is InChI=1S/C23H28N2O5/c1-23(2,3)30-22(28)24-15-20(26)25-19(14-17-10-6-4-7-11-17)21(27)29-16-18-12-8-5-9-13-18/h4-13,19H,14-16H2,1-3H3,(H,24,28)(H,25,26)/t19-/m0/s1. The van der Waals surface area contributed by atoms with Crippen molar-refractivity contribution in [3.8, 4) is 0 Å². The monoisotopic (exact) mass is 412 g/mol. The zero-order valence-corrected chi connectivity index (χ0v) is 17.5. The Morgan fingerprint density at radius 2 is 1.47 bits per heavy atom. The molecule has 0 bridgehead atoms. The van der Waals surface area contributed by atoms with Crippen LogP contribution >= 0.6 is 0 Å². The Morgan fingerprint density at radius 1 is 0.900 bits per heavy atom. The Labute approximate surface area is 176 Å². The number of esters is 1.